The van der Waals surface area contributed by atoms with Gasteiger partial charge in [0, 0.05) is 0 Å². The van der Waals surface area contributed by atoms with Gasteiger partial charge in [-0.3, -0.25) is 24.5 Å². The zero-order valence-electron chi connectivity index (χ0n) is 8.30. The summed E-state index contributed by atoms with van der Waals surface area (Å²) in [6, 6.07) is 0. The fraction of sp³-hybridized carbons (Fsp3) is 0.556. The van der Waals surface area contributed by atoms with Crippen molar-refractivity contribution in [2.75, 3.05) is 13.1 Å². The number of nitrogens with zero attached hydrogens (tertiary/aromatic N) is 1. The molecular weight excluding hydrogens is 216 g/mol. The molecule has 2 aliphatic rings. The third-order valence-electron chi connectivity index (χ3n) is 2.68. The minimum absolute atomic E-state index is 0.173. The van der Waals surface area contributed by atoms with E-state index in [1.54, 1.807) is 0 Å². The molecule has 1 saturated heterocycles. The SMILES string of the molecule is O=C1CN(C(=O)C2CC2C(=O)O)CC(=O)N1. The Hall–Kier alpha value is -1.92. The lowest BCUT2D eigenvalue weighted by Gasteiger charge is -2.25. The normalized spacial score (nSPS) is 28.6. The first kappa shape index (κ1) is 10.6. The zero-order chi connectivity index (χ0) is 11.9. The van der Waals surface area contributed by atoms with Crippen molar-refractivity contribution < 1.29 is 24.3 Å². The van der Waals surface area contributed by atoms with Crippen LogP contribution in [0.5, 0.6) is 0 Å². The summed E-state index contributed by atoms with van der Waals surface area (Å²) < 4.78 is 0. The van der Waals surface area contributed by atoms with Crippen LogP contribution in [0, 0.1) is 11.8 Å². The van der Waals surface area contributed by atoms with Gasteiger partial charge < -0.3 is 10.0 Å². The Kier molecular flexibility index (Phi) is 2.37. The van der Waals surface area contributed by atoms with E-state index in [9.17, 15) is 19.2 Å². The minimum Gasteiger partial charge on any atom is -0.481 e. The second-order valence-corrected chi connectivity index (χ2v) is 3.95. The van der Waals surface area contributed by atoms with E-state index in [0.717, 1.165) is 4.90 Å². The summed E-state index contributed by atoms with van der Waals surface area (Å²) in [4.78, 5) is 45.4. The lowest BCUT2D eigenvalue weighted by molar-refractivity contribution is -0.147. The van der Waals surface area contributed by atoms with Crippen molar-refractivity contribution in [1.29, 1.82) is 0 Å². The van der Waals surface area contributed by atoms with Gasteiger partial charge in [-0.05, 0) is 6.42 Å². The van der Waals surface area contributed by atoms with Crippen molar-refractivity contribution in [2.24, 2.45) is 11.8 Å². The van der Waals surface area contributed by atoms with E-state index in [-0.39, 0.29) is 13.1 Å². The van der Waals surface area contributed by atoms with Gasteiger partial charge in [0.05, 0.1) is 11.8 Å². The Morgan fingerprint density at radius 3 is 2.19 bits per heavy atom. The molecule has 86 valence electrons. The molecule has 7 heteroatoms. The number of amides is 3. The molecule has 0 bridgehead atoms. The highest BCUT2D eigenvalue weighted by atomic mass is 16.4. The molecule has 2 atom stereocenters. The Morgan fingerprint density at radius 1 is 1.19 bits per heavy atom. The fourth-order valence-electron chi connectivity index (χ4n) is 1.77. The quantitative estimate of drug-likeness (QED) is 0.540. The van der Waals surface area contributed by atoms with E-state index in [4.69, 9.17) is 5.11 Å². The minimum atomic E-state index is -1.01. The summed E-state index contributed by atoms with van der Waals surface area (Å²) in [5.41, 5.74) is 0. The number of rotatable bonds is 2. The number of hydrogen-bond donors (Lipinski definition) is 2. The van der Waals surface area contributed by atoms with E-state index >= 15 is 0 Å². The smallest absolute Gasteiger partial charge is 0.307 e. The van der Waals surface area contributed by atoms with Crippen LogP contribution in [0.3, 0.4) is 0 Å². The summed E-state index contributed by atoms with van der Waals surface area (Å²) in [6.45, 7) is -0.346. The van der Waals surface area contributed by atoms with Gasteiger partial charge in [0.25, 0.3) is 0 Å². The lowest BCUT2D eigenvalue weighted by atomic mass is 10.2. The monoisotopic (exact) mass is 226 g/mol. The third-order valence-corrected chi connectivity index (χ3v) is 2.68. The van der Waals surface area contributed by atoms with Gasteiger partial charge in [-0.25, -0.2) is 0 Å². The molecule has 1 aliphatic heterocycles. The molecular formula is C9H10N2O5. The topological polar surface area (TPSA) is 104 Å². The van der Waals surface area contributed by atoms with Crippen LogP contribution in [0.4, 0.5) is 0 Å². The van der Waals surface area contributed by atoms with Crippen molar-refractivity contribution in [3.8, 4) is 0 Å². The van der Waals surface area contributed by atoms with Gasteiger partial charge >= 0.3 is 5.97 Å². The van der Waals surface area contributed by atoms with Crippen LogP contribution in [0.1, 0.15) is 6.42 Å². The molecule has 2 rings (SSSR count). The Bertz CT molecular complexity index is 375. The van der Waals surface area contributed by atoms with Crippen LogP contribution in [0.15, 0.2) is 0 Å². The standard InChI is InChI=1S/C9H10N2O5/c12-6-2-11(3-7(13)10-6)8(14)4-1-5(4)9(15)16/h4-5H,1-3H2,(H,15,16)(H,10,12,13). The molecule has 1 heterocycles. The van der Waals surface area contributed by atoms with Gasteiger partial charge in [-0.15, -0.1) is 0 Å². The predicted molar refractivity (Wildman–Crippen MR) is 49.0 cm³/mol. The Labute approximate surface area is 90.4 Å². The van der Waals surface area contributed by atoms with Crippen LogP contribution < -0.4 is 5.32 Å². The van der Waals surface area contributed by atoms with E-state index in [1.165, 1.54) is 0 Å². The maximum atomic E-state index is 11.7. The molecule has 0 aromatic heterocycles. The molecule has 0 aromatic rings. The summed E-state index contributed by atoms with van der Waals surface area (Å²) in [7, 11) is 0. The molecule has 1 aliphatic carbocycles. The fourth-order valence-corrected chi connectivity index (χ4v) is 1.77. The van der Waals surface area contributed by atoms with Crippen LogP contribution >= 0.6 is 0 Å². The van der Waals surface area contributed by atoms with Gasteiger partial charge in [0.1, 0.15) is 13.1 Å². The number of carbonyl (C=O) groups is 4. The van der Waals surface area contributed by atoms with Crippen LogP contribution in [-0.2, 0) is 19.2 Å². The number of carboxylic acid groups (broad SMARTS) is 1. The summed E-state index contributed by atoms with van der Waals surface area (Å²) in [5, 5.41) is 10.7. The van der Waals surface area contributed by atoms with E-state index < -0.39 is 35.5 Å². The summed E-state index contributed by atoms with van der Waals surface area (Å²) >= 11 is 0. The van der Waals surface area contributed by atoms with Crippen molar-refractivity contribution >= 4 is 23.7 Å². The molecule has 7 nitrogen and oxygen atoms in total. The van der Waals surface area contributed by atoms with E-state index in [2.05, 4.69) is 5.32 Å². The third kappa shape index (κ3) is 1.88. The first-order valence-electron chi connectivity index (χ1n) is 4.83. The summed E-state index contributed by atoms with van der Waals surface area (Å²) in [5.74, 6) is -3.72. The Morgan fingerprint density at radius 2 is 1.75 bits per heavy atom. The number of carboxylic acids is 1. The van der Waals surface area contributed by atoms with Crippen LogP contribution in [0.2, 0.25) is 0 Å². The van der Waals surface area contributed by atoms with Crippen molar-refractivity contribution in [1.82, 2.24) is 10.2 Å². The second kappa shape index (κ2) is 3.58. The first-order chi connectivity index (χ1) is 7.49. The van der Waals surface area contributed by atoms with Crippen molar-refractivity contribution in [2.45, 2.75) is 6.42 Å². The lowest BCUT2D eigenvalue weighted by Crippen LogP contribution is -2.53. The molecule has 2 N–H and O–H groups in total. The van der Waals surface area contributed by atoms with Crippen LogP contribution in [0.25, 0.3) is 0 Å². The van der Waals surface area contributed by atoms with Crippen LogP contribution in [-0.4, -0.2) is 46.8 Å². The maximum absolute atomic E-state index is 11.7. The molecule has 0 radical (unpaired) electrons. The van der Waals surface area contributed by atoms with Gasteiger partial charge in [-0.1, -0.05) is 0 Å². The highest BCUT2D eigenvalue weighted by molar-refractivity contribution is 6.03. The van der Waals surface area contributed by atoms with Crippen molar-refractivity contribution in [3.05, 3.63) is 0 Å². The maximum Gasteiger partial charge on any atom is 0.307 e. The average molecular weight is 226 g/mol. The van der Waals surface area contributed by atoms with Gasteiger partial charge in [0.2, 0.25) is 17.7 Å². The second-order valence-electron chi connectivity index (χ2n) is 3.95. The number of aliphatic carboxylic acids is 1. The number of nitrogens with one attached hydrogen (secondary N) is 1. The first-order valence-corrected chi connectivity index (χ1v) is 4.83. The molecule has 2 fully saturated rings. The largest absolute Gasteiger partial charge is 0.481 e. The van der Waals surface area contributed by atoms with Gasteiger partial charge in [-0.2, -0.15) is 0 Å². The number of imide groups is 1. The molecule has 16 heavy (non-hydrogen) atoms. The molecule has 0 aromatic carbocycles. The Balaban J connectivity index is 1.98. The number of piperazine rings is 1. The molecule has 1 saturated carbocycles. The molecule has 2 unspecified atom stereocenters. The van der Waals surface area contributed by atoms with E-state index in [0.29, 0.717) is 6.42 Å². The predicted octanol–water partition coefficient (Wildman–Crippen LogP) is -1.81. The summed E-state index contributed by atoms with van der Waals surface area (Å²) in [6.07, 6.45) is 0.292. The van der Waals surface area contributed by atoms with Gasteiger partial charge in [0.15, 0.2) is 0 Å². The molecule has 0 spiro atoms. The average Bonchev–Trinajstić information content (AvgIpc) is 2.94. The number of hydrogen-bond acceptors (Lipinski definition) is 4. The zero-order valence-corrected chi connectivity index (χ0v) is 8.30. The highest BCUT2D eigenvalue weighted by Gasteiger charge is 2.50. The highest BCUT2D eigenvalue weighted by Crippen LogP contribution is 2.40. The van der Waals surface area contributed by atoms with Crippen molar-refractivity contribution in [3.63, 3.8) is 0 Å². The molecule has 3 amide bonds. The van der Waals surface area contributed by atoms with E-state index in [1.807, 2.05) is 0 Å². The number of carbonyl (C=O) groups excluding carboxylic acids is 3.